The molecular weight excluding hydrogens is 198 g/mol. The van der Waals surface area contributed by atoms with Gasteiger partial charge in [-0.2, -0.15) is 4.98 Å². The van der Waals surface area contributed by atoms with Crippen molar-refractivity contribution in [3.8, 4) is 0 Å². The molecule has 0 aliphatic rings. The van der Waals surface area contributed by atoms with Crippen molar-refractivity contribution in [2.45, 2.75) is 0 Å². The summed E-state index contributed by atoms with van der Waals surface area (Å²) < 4.78 is 1.52. The lowest BCUT2D eigenvalue weighted by Gasteiger charge is -1.90. The summed E-state index contributed by atoms with van der Waals surface area (Å²) in [5.41, 5.74) is -0.523. The van der Waals surface area contributed by atoms with Gasteiger partial charge in [0.05, 0.1) is 0 Å². The Morgan fingerprint density at radius 3 is 3.00 bits per heavy atom. The molecule has 0 spiro atoms. The van der Waals surface area contributed by atoms with Crippen molar-refractivity contribution in [2.75, 3.05) is 0 Å². The second-order valence-corrected chi connectivity index (χ2v) is 3.01. The van der Waals surface area contributed by atoms with E-state index in [4.69, 9.17) is 0 Å². The summed E-state index contributed by atoms with van der Waals surface area (Å²) in [6.07, 6.45) is 3.22. The van der Waals surface area contributed by atoms with Crippen LogP contribution in [0.2, 0.25) is 0 Å². The molecule has 0 fully saturated rings. The van der Waals surface area contributed by atoms with Crippen LogP contribution < -0.4 is 11.2 Å². The van der Waals surface area contributed by atoms with Gasteiger partial charge in [-0.15, -0.1) is 0 Å². The van der Waals surface area contributed by atoms with Crippen LogP contribution in [0.5, 0.6) is 0 Å². The van der Waals surface area contributed by atoms with Crippen LogP contribution in [-0.2, 0) is 0 Å². The molecule has 7 heteroatoms. The molecule has 74 valence electrons. The highest BCUT2D eigenvalue weighted by Gasteiger charge is 2.08. The third-order valence-electron chi connectivity index (χ3n) is 2.08. The summed E-state index contributed by atoms with van der Waals surface area (Å²) in [5, 5.41) is 0. The largest absolute Gasteiger partial charge is 0.327 e. The summed E-state index contributed by atoms with van der Waals surface area (Å²) in [7, 11) is 0. The van der Waals surface area contributed by atoms with Crippen molar-refractivity contribution < 1.29 is 0 Å². The van der Waals surface area contributed by atoms with Crippen LogP contribution in [0.1, 0.15) is 0 Å². The average Bonchev–Trinajstić information content (AvgIpc) is 2.54. The van der Waals surface area contributed by atoms with Gasteiger partial charge in [0.2, 0.25) is 5.78 Å². The highest BCUT2D eigenvalue weighted by molar-refractivity contribution is 5.73. The summed E-state index contributed by atoms with van der Waals surface area (Å²) in [6, 6.07) is 1.68. The van der Waals surface area contributed by atoms with Gasteiger partial charge >= 0.3 is 5.69 Å². The molecule has 0 aliphatic heterocycles. The molecule has 3 aromatic rings. The number of hydrogen-bond acceptors (Lipinski definition) is 4. The number of imidazole rings is 1. The molecule has 0 atom stereocenters. The van der Waals surface area contributed by atoms with E-state index in [0.717, 1.165) is 0 Å². The van der Waals surface area contributed by atoms with Gasteiger partial charge in [-0.05, 0) is 6.07 Å². The van der Waals surface area contributed by atoms with Gasteiger partial charge in [-0.1, -0.05) is 0 Å². The summed E-state index contributed by atoms with van der Waals surface area (Å²) in [5.74, 6) is 0.375. The van der Waals surface area contributed by atoms with E-state index in [1.54, 1.807) is 18.5 Å². The predicted octanol–water partition coefficient (Wildman–Crippen LogP) is -0.741. The fraction of sp³-hybridized carbons (Fsp3) is 0. The van der Waals surface area contributed by atoms with Crippen molar-refractivity contribution in [2.24, 2.45) is 0 Å². The first kappa shape index (κ1) is 7.92. The summed E-state index contributed by atoms with van der Waals surface area (Å²) >= 11 is 0. The first-order valence-corrected chi connectivity index (χ1v) is 4.21. The lowest BCUT2D eigenvalue weighted by Crippen LogP contribution is -2.22. The van der Waals surface area contributed by atoms with Crippen LogP contribution in [0.25, 0.3) is 16.9 Å². The molecule has 3 heterocycles. The standard InChI is InChI=1S/C8H5N5O2/c14-6-4-5(11-8(15)12-6)10-7-9-2-1-3-13(4)7/h1-3H,(H2,11,12,14,15). The molecule has 0 aromatic carbocycles. The monoisotopic (exact) mass is 203 g/mol. The van der Waals surface area contributed by atoms with Crippen molar-refractivity contribution >= 4 is 16.9 Å². The van der Waals surface area contributed by atoms with Crippen molar-refractivity contribution in [3.05, 3.63) is 39.3 Å². The lowest BCUT2D eigenvalue weighted by molar-refractivity contribution is 1.06. The van der Waals surface area contributed by atoms with E-state index < -0.39 is 11.2 Å². The first-order valence-electron chi connectivity index (χ1n) is 4.21. The molecule has 0 amide bonds. The van der Waals surface area contributed by atoms with Crippen molar-refractivity contribution in [3.63, 3.8) is 0 Å². The zero-order chi connectivity index (χ0) is 10.4. The van der Waals surface area contributed by atoms with E-state index in [-0.39, 0.29) is 11.2 Å². The Morgan fingerprint density at radius 2 is 2.13 bits per heavy atom. The number of nitrogens with one attached hydrogen (secondary N) is 2. The molecule has 2 N–H and O–H groups in total. The second-order valence-electron chi connectivity index (χ2n) is 3.01. The predicted molar refractivity (Wildman–Crippen MR) is 51.7 cm³/mol. The second kappa shape index (κ2) is 2.53. The molecular formula is C8H5N5O2. The first-order chi connectivity index (χ1) is 7.25. The molecule has 0 unspecified atom stereocenters. The zero-order valence-corrected chi connectivity index (χ0v) is 7.39. The molecule has 15 heavy (non-hydrogen) atoms. The molecule has 7 nitrogen and oxygen atoms in total. The van der Waals surface area contributed by atoms with E-state index in [9.17, 15) is 9.59 Å². The van der Waals surface area contributed by atoms with Crippen LogP contribution in [0, 0.1) is 0 Å². The molecule has 3 aromatic heterocycles. The number of aromatic amines is 2. The maximum Gasteiger partial charge on any atom is 0.327 e. The number of rotatable bonds is 0. The minimum absolute atomic E-state index is 0.238. The number of nitrogens with zero attached hydrogens (tertiary/aromatic N) is 3. The minimum Gasteiger partial charge on any atom is -0.290 e. The van der Waals surface area contributed by atoms with E-state index in [0.29, 0.717) is 5.78 Å². The van der Waals surface area contributed by atoms with Gasteiger partial charge in [0.25, 0.3) is 5.56 Å². The molecule has 0 saturated carbocycles. The highest BCUT2D eigenvalue weighted by atomic mass is 16.2. The summed E-state index contributed by atoms with van der Waals surface area (Å²) in [6.45, 7) is 0. The topological polar surface area (TPSA) is 95.9 Å². The Morgan fingerprint density at radius 1 is 1.27 bits per heavy atom. The molecule has 0 radical (unpaired) electrons. The van der Waals surface area contributed by atoms with Gasteiger partial charge in [0.15, 0.2) is 11.2 Å². The van der Waals surface area contributed by atoms with Crippen LogP contribution in [-0.4, -0.2) is 24.3 Å². The zero-order valence-electron chi connectivity index (χ0n) is 7.39. The normalized spacial score (nSPS) is 11.2. The fourth-order valence-electron chi connectivity index (χ4n) is 1.49. The third-order valence-corrected chi connectivity index (χ3v) is 2.08. The van der Waals surface area contributed by atoms with Gasteiger partial charge in [0, 0.05) is 12.4 Å². The quantitative estimate of drug-likeness (QED) is 0.503. The van der Waals surface area contributed by atoms with Crippen LogP contribution in [0.3, 0.4) is 0 Å². The van der Waals surface area contributed by atoms with E-state index in [1.165, 1.54) is 4.40 Å². The van der Waals surface area contributed by atoms with Crippen molar-refractivity contribution in [1.82, 2.24) is 24.3 Å². The Bertz CT molecular complexity index is 766. The molecule has 0 bridgehead atoms. The van der Waals surface area contributed by atoms with E-state index in [1.807, 2.05) is 0 Å². The SMILES string of the molecule is O=c1[nH]c(=O)c2c(nc3ncccn32)[nH]1. The fourth-order valence-corrected chi connectivity index (χ4v) is 1.49. The van der Waals surface area contributed by atoms with Gasteiger partial charge in [-0.3, -0.25) is 19.2 Å². The maximum absolute atomic E-state index is 11.5. The highest BCUT2D eigenvalue weighted by Crippen LogP contribution is 2.05. The number of fused-ring (bicyclic) bond motifs is 3. The van der Waals surface area contributed by atoms with Crippen LogP contribution in [0.15, 0.2) is 28.0 Å². The van der Waals surface area contributed by atoms with Gasteiger partial charge in [-0.25, -0.2) is 9.78 Å². The Kier molecular flexibility index (Phi) is 1.34. The lowest BCUT2D eigenvalue weighted by atomic mass is 10.5. The van der Waals surface area contributed by atoms with E-state index in [2.05, 4.69) is 19.9 Å². The minimum atomic E-state index is -0.573. The third kappa shape index (κ3) is 0.997. The Hall–Kier alpha value is -2.44. The maximum atomic E-state index is 11.5. The Balaban J connectivity index is 2.73. The number of aromatic nitrogens is 5. The van der Waals surface area contributed by atoms with Crippen molar-refractivity contribution in [1.29, 1.82) is 0 Å². The van der Waals surface area contributed by atoms with Gasteiger partial charge < -0.3 is 0 Å². The molecule has 0 aliphatic carbocycles. The van der Waals surface area contributed by atoms with Gasteiger partial charge in [0.1, 0.15) is 0 Å². The average molecular weight is 203 g/mol. The van der Waals surface area contributed by atoms with Crippen LogP contribution >= 0.6 is 0 Å². The summed E-state index contributed by atoms with van der Waals surface area (Å²) in [4.78, 5) is 35.1. The smallest absolute Gasteiger partial charge is 0.290 e. The number of H-pyrrole nitrogens is 2. The van der Waals surface area contributed by atoms with Crippen LogP contribution in [0.4, 0.5) is 0 Å². The molecule has 3 rings (SSSR count). The number of hydrogen-bond donors (Lipinski definition) is 2. The molecule has 0 saturated heterocycles. The Labute approximate surface area is 81.4 Å². The van der Waals surface area contributed by atoms with E-state index >= 15 is 0 Å².